The van der Waals surface area contributed by atoms with Crippen LogP contribution in [0.2, 0.25) is 0 Å². The van der Waals surface area contributed by atoms with E-state index >= 15 is 0 Å². The number of amides is 1. The van der Waals surface area contributed by atoms with E-state index in [4.69, 9.17) is 0 Å². The van der Waals surface area contributed by atoms with Crippen molar-refractivity contribution < 1.29 is 9.90 Å². The molecule has 0 bridgehead atoms. The van der Waals surface area contributed by atoms with E-state index in [2.05, 4.69) is 10.6 Å². The van der Waals surface area contributed by atoms with Crippen LogP contribution >= 0.6 is 0 Å². The van der Waals surface area contributed by atoms with Gasteiger partial charge in [-0.1, -0.05) is 30.3 Å². The van der Waals surface area contributed by atoms with Gasteiger partial charge in [0.15, 0.2) is 0 Å². The molecule has 1 saturated carbocycles. The van der Waals surface area contributed by atoms with E-state index in [1.807, 2.05) is 30.3 Å². The molecule has 0 radical (unpaired) electrons. The standard InChI is InChI=1S/C16H22N2O2/c19-11-14(12-4-2-1-3-5-12)18-15(20)13-10-16(13)6-8-17-9-7-16/h1-5,13-14,17,19H,6-11H2,(H,18,20)/t13?,14-/m1/s1. The van der Waals surface area contributed by atoms with E-state index in [1.165, 1.54) is 0 Å². The van der Waals surface area contributed by atoms with Gasteiger partial charge in [-0.2, -0.15) is 0 Å². The van der Waals surface area contributed by atoms with Gasteiger partial charge in [0.1, 0.15) is 0 Å². The second-order valence-electron chi connectivity index (χ2n) is 6.02. The highest BCUT2D eigenvalue weighted by Gasteiger charge is 2.57. The number of rotatable bonds is 4. The van der Waals surface area contributed by atoms with E-state index < -0.39 is 0 Å². The van der Waals surface area contributed by atoms with Gasteiger partial charge in [-0.3, -0.25) is 4.79 Å². The molecule has 1 aliphatic carbocycles. The Morgan fingerprint density at radius 3 is 2.70 bits per heavy atom. The highest BCUT2D eigenvalue weighted by atomic mass is 16.3. The molecule has 20 heavy (non-hydrogen) atoms. The molecule has 2 aliphatic rings. The van der Waals surface area contributed by atoms with E-state index in [-0.39, 0.29) is 29.9 Å². The Bertz CT molecular complexity index is 469. The largest absolute Gasteiger partial charge is 0.394 e. The predicted molar refractivity (Wildman–Crippen MR) is 77.1 cm³/mol. The van der Waals surface area contributed by atoms with Gasteiger partial charge in [-0.05, 0) is 43.3 Å². The molecule has 0 aromatic heterocycles. The smallest absolute Gasteiger partial charge is 0.224 e. The van der Waals surface area contributed by atoms with E-state index in [0.717, 1.165) is 37.9 Å². The topological polar surface area (TPSA) is 61.4 Å². The summed E-state index contributed by atoms with van der Waals surface area (Å²) in [6.45, 7) is 1.98. The molecule has 108 valence electrons. The van der Waals surface area contributed by atoms with Gasteiger partial charge < -0.3 is 15.7 Å². The summed E-state index contributed by atoms with van der Waals surface area (Å²) in [7, 11) is 0. The minimum absolute atomic E-state index is 0.0585. The third kappa shape index (κ3) is 2.58. The van der Waals surface area contributed by atoms with Crippen LogP contribution in [-0.4, -0.2) is 30.7 Å². The molecule has 4 heteroatoms. The number of hydrogen-bond donors (Lipinski definition) is 3. The summed E-state index contributed by atoms with van der Waals surface area (Å²) in [5.41, 5.74) is 1.20. The van der Waals surface area contributed by atoms with Crippen LogP contribution in [0.5, 0.6) is 0 Å². The van der Waals surface area contributed by atoms with Gasteiger partial charge in [0, 0.05) is 5.92 Å². The average Bonchev–Trinajstić information content (AvgIpc) is 3.19. The summed E-state index contributed by atoms with van der Waals surface area (Å²) in [6.07, 6.45) is 3.20. The summed E-state index contributed by atoms with van der Waals surface area (Å²) in [6, 6.07) is 9.38. The zero-order valence-corrected chi connectivity index (χ0v) is 11.6. The maximum Gasteiger partial charge on any atom is 0.224 e. The number of aliphatic hydroxyl groups excluding tert-OH is 1. The van der Waals surface area contributed by atoms with Crippen LogP contribution in [0, 0.1) is 11.3 Å². The van der Waals surface area contributed by atoms with Crippen molar-refractivity contribution in [3.8, 4) is 0 Å². The van der Waals surface area contributed by atoms with Gasteiger partial charge >= 0.3 is 0 Å². The maximum atomic E-state index is 12.4. The summed E-state index contributed by atoms with van der Waals surface area (Å²) in [4.78, 5) is 12.4. The van der Waals surface area contributed by atoms with Crippen molar-refractivity contribution in [2.24, 2.45) is 11.3 Å². The minimum Gasteiger partial charge on any atom is -0.394 e. The number of nitrogens with one attached hydrogen (secondary N) is 2. The SMILES string of the molecule is O=C(N[C@H](CO)c1ccccc1)C1CC12CCNCC2. The molecule has 1 amide bonds. The van der Waals surface area contributed by atoms with Gasteiger partial charge in [0.25, 0.3) is 0 Å². The van der Waals surface area contributed by atoms with Crippen molar-refractivity contribution in [1.29, 1.82) is 0 Å². The fourth-order valence-electron chi connectivity index (χ4n) is 3.39. The summed E-state index contributed by atoms with van der Waals surface area (Å²) in [5, 5.41) is 15.9. The normalized spacial score (nSPS) is 25.1. The molecule has 1 aromatic carbocycles. The highest BCUT2D eigenvalue weighted by molar-refractivity contribution is 5.83. The Hall–Kier alpha value is -1.39. The lowest BCUT2D eigenvalue weighted by atomic mass is 9.91. The number of carbonyl (C=O) groups is 1. The molecule has 2 atom stereocenters. The lowest BCUT2D eigenvalue weighted by Gasteiger charge is -2.24. The molecule has 2 fully saturated rings. The molecule has 1 saturated heterocycles. The first-order chi connectivity index (χ1) is 9.75. The number of carbonyl (C=O) groups excluding carboxylic acids is 1. The Morgan fingerprint density at radius 2 is 2.05 bits per heavy atom. The second kappa shape index (κ2) is 5.54. The van der Waals surface area contributed by atoms with Crippen LogP contribution in [0.4, 0.5) is 0 Å². The van der Waals surface area contributed by atoms with Crippen molar-refractivity contribution >= 4 is 5.91 Å². The van der Waals surface area contributed by atoms with Crippen molar-refractivity contribution in [3.05, 3.63) is 35.9 Å². The monoisotopic (exact) mass is 274 g/mol. The van der Waals surface area contributed by atoms with Gasteiger partial charge in [-0.15, -0.1) is 0 Å². The Labute approximate surface area is 119 Å². The van der Waals surface area contributed by atoms with Crippen LogP contribution in [0.1, 0.15) is 30.9 Å². The van der Waals surface area contributed by atoms with Gasteiger partial charge in [-0.25, -0.2) is 0 Å². The van der Waals surface area contributed by atoms with E-state index in [0.29, 0.717) is 0 Å². The van der Waals surface area contributed by atoms with Crippen LogP contribution in [0.3, 0.4) is 0 Å². The molecule has 1 aromatic rings. The second-order valence-corrected chi connectivity index (χ2v) is 6.02. The zero-order valence-electron chi connectivity index (χ0n) is 11.6. The third-order valence-corrected chi connectivity index (χ3v) is 4.81. The lowest BCUT2D eigenvalue weighted by Crippen LogP contribution is -2.36. The van der Waals surface area contributed by atoms with Gasteiger partial charge in [0.2, 0.25) is 5.91 Å². The summed E-state index contributed by atoms with van der Waals surface area (Å²) >= 11 is 0. The fourth-order valence-corrected chi connectivity index (χ4v) is 3.39. The molecular weight excluding hydrogens is 252 g/mol. The summed E-state index contributed by atoms with van der Waals surface area (Å²) < 4.78 is 0. The molecule has 1 heterocycles. The quantitative estimate of drug-likeness (QED) is 0.774. The van der Waals surface area contributed by atoms with E-state index in [9.17, 15) is 9.90 Å². The van der Waals surface area contributed by atoms with Crippen LogP contribution in [-0.2, 0) is 4.79 Å². The summed E-state index contributed by atoms with van der Waals surface area (Å²) in [5.74, 6) is 0.247. The first-order valence-electron chi connectivity index (χ1n) is 7.42. The molecule has 3 rings (SSSR count). The minimum atomic E-state index is -0.289. The Balaban J connectivity index is 1.61. The maximum absolute atomic E-state index is 12.4. The average molecular weight is 274 g/mol. The molecule has 1 aliphatic heterocycles. The Kier molecular flexibility index (Phi) is 3.76. The van der Waals surface area contributed by atoms with Crippen molar-refractivity contribution in [2.45, 2.75) is 25.3 Å². The van der Waals surface area contributed by atoms with Crippen LogP contribution < -0.4 is 10.6 Å². The first kappa shape index (κ1) is 13.6. The molecular formula is C16H22N2O2. The third-order valence-electron chi connectivity index (χ3n) is 4.81. The van der Waals surface area contributed by atoms with Crippen LogP contribution in [0.15, 0.2) is 30.3 Å². The predicted octanol–water partition coefficient (Wildman–Crippen LogP) is 1.23. The molecule has 4 nitrogen and oxygen atoms in total. The first-order valence-corrected chi connectivity index (χ1v) is 7.42. The molecule has 1 unspecified atom stereocenters. The number of piperidine rings is 1. The lowest BCUT2D eigenvalue weighted by molar-refractivity contribution is -0.124. The molecule has 1 spiro atoms. The molecule has 3 N–H and O–H groups in total. The van der Waals surface area contributed by atoms with Gasteiger partial charge in [0.05, 0.1) is 12.6 Å². The zero-order chi connectivity index (χ0) is 14.0. The van der Waals surface area contributed by atoms with Crippen LogP contribution in [0.25, 0.3) is 0 Å². The number of aliphatic hydroxyl groups is 1. The van der Waals surface area contributed by atoms with Crippen molar-refractivity contribution in [3.63, 3.8) is 0 Å². The fraction of sp³-hybridized carbons (Fsp3) is 0.562. The van der Waals surface area contributed by atoms with E-state index in [1.54, 1.807) is 0 Å². The number of hydrogen-bond acceptors (Lipinski definition) is 3. The highest BCUT2D eigenvalue weighted by Crippen LogP contribution is 2.58. The van der Waals surface area contributed by atoms with Crippen molar-refractivity contribution in [2.75, 3.05) is 19.7 Å². The number of benzene rings is 1. The van der Waals surface area contributed by atoms with Crippen molar-refractivity contribution in [1.82, 2.24) is 10.6 Å². The Morgan fingerprint density at radius 1 is 1.35 bits per heavy atom.